The van der Waals surface area contributed by atoms with E-state index in [9.17, 15) is 4.79 Å². The zero-order chi connectivity index (χ0) is 17.6. The molecule has 0 aromatic carbocycles. The number of aromatic nitrogens is 2. The number of furan rings is 1. The second kappa shape index (κ2) is 6.17. The van der Waals surface area contributed by atoms with Crippen molar-refractivity contribution in [2.45, 2.75) is 58.4 Å². The number of anilines is 1. The van der Waals surface area contributed by atoms with Crippen LogP contribution >= 0.6 is 0 Å². The van der Waals surface area contributed by atoms with Gasteiger partial charge in [0.25, 0.3) is 5.91 Å². The van der Waals surface area contributed by atoms with Crippen LogP contribution in [0.1, 0.15) is 70.7 Å². The van der Waals surface area contributed by atoms with Crippen molar-refractivity contribution in [1.82, 2.24) is 14.9 Å². The first-order valence-corrected chi connectivity index (χ1v) is 9.07. The summed E-state index contributed by atoms with van der Waals surface area (Å²) in [6.07, 6.45) is 6.01. The summed E-state index contributed by atoms with van der Waals surface area (Å²) < 4.78 is 5.90. The SMILES string of the molecule is Cc1nc(N)cc([C@@H]2CCCN2C(=O)c2c(C)oc3c2CCCC3)n1. The topological polar surface area (TPSA) is 85.2 Å². The van der Waals surface area contributed by atoms with Crippen molar-refractivity contribution in [2.24, 2.45) is 0 Å². The molecule has 1 aliphatic heterocycles. The minimum Gasteiger partial charge on any atom is -0.465 e. The lowest BCUT2D eigenvalue weighted by Gasteiger charge is -2.25. The number of rotatable bonds is 2. The number of aryl methyl sites for hydroxylation is 3. The van der Waals surface area contributed by atoms with E-state index in [4.69, 9.17) is 10.2 Å². The number of nitrogen functional groups attached to an aromatic ring is 1. The van der Waals surface area contributed by atoms with E-state index in [1.165, 1.54) is 0 Å². The Kier molecular flexibility index (Phi) is 3.98. The Balaban J connectivity index is 1.69. The van der Waals surface area contributed by atoms with Crippen LogP contribution in [0.15, 0.2) is 10.5 Å². The Morgan fingerprint density at radius 2 is 2.04 bits per heavy atom. The Bertz CT molecular complexity index is 807. The normalized spacial score (nSPS) is 19.9. The van der Waals surface area contributed by atoms with Gasteiger partial charge in [-0.05, 0) is 46.0 Å². The molecule has 132 valence electrons. The molecule has 4 rings (SSSR count). The molecule has 2 aliphatic rings. The molecule has 1 fully saturated rings. The Morgan fingerprint density at radius 1 is 1.24 bits per heavy atom. The molecular formula is C19H24N4O2. The fourth-order valence-corrected chi connectivity index (χ4v) is 4.23. The average Bonchev–Trinajstić information content (AvgIpc) is 3.17. The number of carbonyl (C=O) groups is 1. The van der Waals surface area contributed by atoms with Crippen LogP contribution in [-0.4, -0.2) is 27.3 Å². The lowest BCUT2D eigenvalue weighted by molar-refractivity contribution is 0.0730. The highest BCUT2D eigenvalue weighted by Crippen LogP contribution is 2.36. The Morgan fingerprint density at radius 3 is 2.84 bits per heavy atom. The fraction of sp³-hybridized carbons (Fsp3) is 0.526. The molecule has 1 amide bonds. The second-order valence-electron chi connectivity index (χ2n) is 7.06. The van der Waals surface area contributed by atoms with Crippen LogP contribution in [0.25, 0.3) is 0 Å². The van der Waals surface area contributed by atoms with E-state index in [1.54, 1.807) is 6.07 Å². The number of nitrogens with zero attached hydrogens (tertiary/aromatic N) is 3. The molecule has 0 bridgehead atoms. The van der Waals surface area contributed by atoms with Crippen LogP contribution in [0.5, 0.6) is 0 Å². The van der Waals surface area contributed by atoms with Crippen LogP contribution in [0.4, 0.5) is 5.82 Å². The molecular weight excluding hydrogens is 316 g/mol. The van der Waals surface area contributed by atoms with Gasteiger partial charge in [0.2, 0.25) is 0 Å². The van der Waals surface area contributed by atoms with Gasteiger partial charge in [-0.3, -0.25) is 4.79 Å². The molecule has 2 N–H and O–H groups in total. The summed E-state index contributed by atoms with van der Waals surface area (Å²) >= 11 is 0. The molecule has 0 spiro atoms. The van der Waals surface area contributed by atoms with Gasteiger partial charge >= 0.3 is 0 Å². The number of likely N-dealkylation sites (tertiary alicyclic amines) is 1. The number of fused-ring (bicyclic) bond motifs is 1. The van der Waals surface area contributed by atoms with Crippen molar-refractivity contribution < 1.29 is 9.21 Å². The van der Waals surface area contributed by atoms with Crippen molar-refractivity contribution >= 4 is 11.7 Å². The van der Waals surface area contributed by atoms with Crippen LogP contribution < -0.4 is 5.73 Å². The largest absolute Gasteiger partial charge is 0.465 e. The van der Waals surface area contributed by atoms with Gasteiger partial charge in [-0.2, -0.15) is 0 Å². The number of carbonyl (C=O) groups excluding carboxylic acids is 1. The predicted molar refractivity (Wildman–Crippen MR) is 94.3 cm³/mol. The Labute approximate surface area is 147 Å². The molecule has 2 aromatic rings. The van der Waals surface area contributed by atoms with Crippen LogP contribution in [-0.2, 0) is 12.8 Å². The van der Waals surface area contributed by atoms with Crippen molar-refractivity contribution in [2.75, 3.05) is 12.3 Å². The van der Waals surface area contributed by atoms with Crippen LogP contribution in [0.2, 0.25) is 0 Å². The summed E-state index contributed by atoms with van der Waals surface area (Å²) in [5.74, 6) is 2.93. The lowest BCUT2D eigenvalue weighted by Crippen LogP contribution is -2.32. The summed E-state index contributed by atoms with van der Waals surface area (Å²) in [6, 6.07) is 1.76. The van der Waals surface area contributed by atoms with Crippen LogP contribution in [0.3, 0.4) is 0 Å². The number of nitrogens with two attached hydrogens (primary N) is 1. The molecule has 1 atom stereocenters. The molecule has 3 heterocycles. The highest BCUT2D eigenvalue weighted by molar-refractivity contribution is 5.97. The molecule has 1 saturated heterocycles. The van der Waals surface area contributed by atoms with Crippen molar-refractivity contribution in [1.29, 1.82) is 0 Å². The summed E-state index contributed by atoms with van der Waals surface area (Å²) in [5.41, 5.74) is 8.63. The molecule has 6 nitrogen and oxygen atoms in total. The van der Waals surface area contributed by atoms with Crippen molar-refractivity contribution in [3.8, 4) is 0 Å². The number of hydrogen-bond acceptors (Lipinski definition) is 5. The predicted octanol–water partition coefficient (Wildman–Crippen LogP) is 3.12. The monoisotopic (exact) mass is 340 g/mol. The maximum absolute atomic E-state index is 13.3. The quantitative estimate of drug-likeness (QED) is 0.908. The smallest absolute Gasteiger partial charge is 0.258 e. The molecule has 25 heavy (non-hydrogen) atoms. The lowest BCUT2D eigenvalue weighted by atomic mass is 9.94. The summed E-state index contributed by atoms with van der Waals surface area (Å²) in [5, 5.41) is 0. The van der Waals surface area contributed by atoms with E-state index in [1.807, 2.05) is 18.7 Å². The van der Waals surface area contributed by atoms with Gasteiger partial charge < -0.3 is 15.1 Å². The minimum absolute atomic E-state index is 0.0370. The third-order valence-electron chi connectivity index (χ3n) is 5.29. The number of amides is 1. The Hall–Kier alpha value is -2.37. The van der Waals surface area contributed by atoms with Gasteiger partial charge in [0.05, 0.1) is 17.3 Å². The molecule has 6 heteroatoms. The average molecular weight is 340 g/mol. The molecule has 1 aliphatic carbocycles. The highest BCUT2D eigenvalue weighted by atomic mass is 16.3. The molecule has 2 aromatic heterocycles. The maximum atomic E-state index is 13.3. The highest BCUT2D eigenvalue weighted by Gasteiger charge is 2.35. The third kappa shape index (κ3) is 2.79. The summed E-state index contributed by atoms with van der Waals surface area (Å²) in [6.45, 7) is 4.48. The zero-order valence-corrected chi connectivity index (χ0v) is 14.8. The third-order valence-corrected chi connectivity index (χ3v) is 5.29. The maximum Gasteiger partial charge on any atom is 0.258 e. The van der Waals surface area contributed by atoms with E-state index >= 15 is 0 Å². The second-order valence-corrected chi connectivity index (χ2v) is 7.06. The number of hydrogen-bond donors (Lipinski definition) is 1. The fourth-order valence-electron chi connectivity index (χ4n) is 4.23. The van der Waals surface area contributed by atoms with Gasteiger partial charge in [-0.15, -0.1) is 0 Å². The van der Waals surface area contributed by atoms with Gasteiger partial charge in [-0.25, -0.2) is 9.97 Å². The first-order valence-electron chi connectivity index (χ1n) is 9.07. The molecule has 0 unspecified atom stereocenters. The van der Waals surface area contributed by atoms with Gasteiger partial charge in [0.15, 0.2) is 0 Å². The summed E-state index contributed by atoms with van der Waals surface area (Å²) in [4.78, 5) is 24.0. The van der Waals surface area contributed by atoms with E-state index < -0.39 is 0 Å². The van der Waals surface area contributed by atoms with E-state index in [0.29, 0.717) is 11.6 Å². The first-order chi connectivity index (χ1) is 12.0. The van der Waals surface area contributed by atoms with E-state index in [2.05, 4.69) is 9.97 Å². The molecule has 0 saturated carbocycles. The van der Waals surface area contributed by atoms with Crippen molar-refractivity contribution in [3.63, 3.8) is 0 Å². The minimum atomic E-state index is -0.0370. The van der Waals surface area contributed by atoms with E-state index in [0.717, 1.165) is 73.4 Å². The first kappa shape index (κ1) is 16.1. The van der Waals surface area contributed by atoms with Gasteiger partial charge in [0, 0.05) is 24.6 Å². The zero-order valence-electron chi connectivity index (χ0n) is 14.8. The van der Waals surface area contributed by atoms with Gasteiger partial charge in [-0.1, -0.05) is 0 Å². The van der Waals surface area contributed by atoms with E-state index in [-0.39, 0.29) is 11.9 Å². The molecule has 0 radical (unpaired) electrons. The standard InChI is InChI=1S/C19H24N4O2/c1-11-18(13-6-3-4-8-16(13)25-11)19(24)23-9-5-7-15(23)14-10-17(20)22-12(2)21-14/h10,15H,3-9H2,1-2H3,(H2,20,21,22)/t15-/m0/s1. The van der Waals surface area contributed by atoms with Crippen LogP contribution in [0, 0.1) is 13.8 Å². The van der Waals surface area contributed by atoms with Crippen molar-refractivity contribution in [3.05, 3.63) is 40.2 Å². The summed E-state index contributed by atoms with van der Waals surface area (Å²) in [7, 11) is 0. The van der Waals surface area contributed by atoms with Gasteiger partial charge in [0.1, 0.15) is 23.2 Å².